The zero-order valence-corrected chi connectivity index (χ0v) is 20.0. The number of rotatable bonds is 7. The molecular formula is C27H40FN3O. The number of nitrogens with two attached hydrogens (primary N) is 1. The molecule has 1 aromatic carbocycles. The monoisotopic (exact) mass is 441 g/mol. The molecule has 0 aliphatic heterocycles. The molecular weight excluding hydrogens is 401 g/mol. The van der Waals surface area contributed by atoms with E-state index in [-0.39, 0.29) is 23.7 Å². The first-order chi connectivity index (χ1) is 15.4. The highest BCUT2D eigenvalue weighted by molar-refractivity contribution is 5.84. The number of hydrogen-bond acceptors (Lipinski definition) is 4. The average Bonchev–Trinajstić information content (AvgIpc) is 3.14. The third kappa shape index (κ3) is 4.24. The molecule has 0 amide bonds. The topological polar surface area (TPSA) is 67.8 Å². The molecule has 4 nitrogen and oxygen atoms in total. The van der Waals surface area contributed by atoms with Crippen molar-refractivity contribution in [3.05, 3.63) is 24.0 Å². The largest absolute Gasteiger partial charge is 0.397 e. The molecule has 0 aromatic heterocycles. The fourth-order valence-electron chi connectivity index (χ4n) is 7.95. The van der Waals surface area contributed by atoms with Gasteiger partial charge in [-0.05, 0) is 85.7 Å². The highest BCUT2D eigenvalue weighted by Crippen LogP contribution is 2.63. The lowest BCUT2D eigenvalue weighted by Crippen LogP contribution is -2.48. The van der Waals surface area contributed by atoms with E-state index in [1.54, 1.807) is 0 Å². The van der Waals surface area contributed by atoms with Crippen LogP contribution in [0.5, 0.6) is 0 Å². The van der Waals surface area contributed by atoms with Gasteiger partial charge in [0.25, 0.3) is 0 Å². The van der Waals surface area contributed by atoms with Gasteiger partial charge in [0.15, 0.2) is 5.78 Å². The molecule has 7 unspecified atom stereocenters. The summed E-state index contributed by atoms with van der Waals surface area (Å²) in [6.45, 7) is 7.15. The highest BCUT2D eigenvalue weighted by atomic mass is 19.1. The number of carbonyl (C=O) groups is 1. The van der Waals surface area contributed by atoms with Crippen molar-refractivity contribution in [2.24, 2.45) is 51.2 Å². The molecule has 176 valence electrons. The molecule has 3 saturated carbocycles. The normalized spacial score (nSPS) is 36.8. The zero-order valence-electron chi connectivity index (χ0n) is 20.0. The number of halogens is 1. The van der Waals surface area contributed by atoms with Gasteiger partial charge in [0, 0.05) is 12.0 Å². The Morgan fingerprint density at radius 2 is 1.97 bits per heavy atom. The van der Waals surface area contributed by atoms with E-state index in [9.17, 15) is 9.18 Å². The van der Waals surface area contributed by atoms with Crippen molar-refractivity contribution in [3.63, 3.8) is 0 Å². The van der Waals surface area contributed by atoms with E-state index in [0.29, 0.717) is 17.3 Å². The number of nitrogen functional groups attached to an aromatic ring is 1. The number of Topliss-reactive ketones (excluding diaryl/α,β-unsaturated/α-hetero) is 1. The quantitative estimate of drug-likeness (QED) is 0.355. The van der Waals surface area contributed by atoms with Crippen LogP contribution in [-0.2, 0) is 4.79 Å². The molecule has 7 atom stereocenters. The maximum absolute atomic E-state index is 13.4. The van der Waals surface area contributed by atoms with Gasteiger partial charge in [0.2, 0.25) is 0 Å². The second kappa shape index (κ2) is 9.61. The van der Waals surface area contributed by atoms with Crippen LogP contribution in [0.1, 0.15) is 78.6 Å². The van der Waals surface area contributed by atoms with Gasteiger partial charge in [0.1, 0.15) is 18.0 Å². The number of fused-ring (bicyclic) bond motifs is 3. The number of anilines is 1. The van der Waals surface area contributed by atoms with E-state index >= 15 is 0 Å². The van der Waals surface area contributed by atoms with Crippen molar-refractivity contribution in [2.75, 3.05) is 12.3 Å². The van der Waals surface area contributed by atoms with E-state index in [0.717, 1.165) is 30.1 Å². The maximum Gasteiger partial charge on any atom is 0.159 e. The Hall–Kier alpha value is -1.78. The van der Waals surface area contributed by atoms with Gasteiger partial charge in [0.05, 0.1) is 5.69 Å². The molecule has 3 aliphatic carbocycles. The van der Waals surface area contributed by atoms with Crippen molar-refractivity contribution in [3.8, 4) is 0 Å². The van der Waals surface area contributed by atoms with Crippen molar-refractivity contribution in [1.82, 2.24) is 0 Å². The Balaban J connectivity index is 1.44. The van der Waals surface area contributed by atoms with Crippen molar-refractivity contribution in [2.45, 2.75) is 78.6 Å². The average molecular weight is 442 g/mol. The molecule has 3 aliphatic rings. The lowest BCUT2D eigenvalue weighted by Gasteiger charge is -2.54. The van der Waals surface area contributed by atoms with Crippen LogP contribution in [0.4, 0.5) is 15.8 Å². The Kier molecular flexibility index (Phi) is 7.02. The number of benzene rings is 1. The van der Waals surface area contributed by atoms with E-state index in [1.807, 2.05) is 0 Å². The van der Waals surface area contributed by atoms with Crippen LogP contribution < -0.4 is 5.73 Å². The molecule has 32 heavy (non-hydrogen) atoms. The number of azo groups is 1. The fraction of sp³-hybridized carbons (Fsp3) is 0.741. The Labute approximate surface area is 192 Å². The molecule has 2 N–H and O–H groups in total. The highest BCUT2D eigenvalue weighted by Gasteiger charge is 2.57. The standard InChI is InChI=1S/C27H40FN3O/c1-4-6-19-17(5-2)7-9-21-20(19)13-14-27(3)22(21)10-11-23(27)26(32)16-30-31-25-15-18(28)8-12-24(25)29/h8,12,15,17,19-23H,4-7,9-11,13-14,16,29H2,1-3H3. The van der Waals surface area contributed by atoms with Crippen LogP contribution >= 0.6 is 0 Å². The molecule has 3 fully saturated rings. The SMILES string of the molecule is CCCC1C(CC)CCC2C1CCC1(C)C(C(=O)CN=Nc3cc(F)ccc3N)CCC21. The molecule has 0 spiro atoms. The number of nitrogens with zero attached hydrogens (tertiary/aromatic N) is 2. The summed E-state index contributed by atoms with van der Waals surface area (Å²) < 4.78 is 13.4. The molecule has 4 rings (SSSR count). The van der Waals surface area contributed by atoms with Gasteiger partial charge in [-0.3, -0.25) is 4.79 Å². The minimum atomic E-state index is -0.401. The lowest BCUT2D eigenvalue weighted by molar-refractivity contribution is -0.128. The predicted octanol–water partition coefficient (Wildman–Crippen LogP) is 7.36. The first kappa shape index (κ1) is 23.4. The van der Waals surface area contributed by atoms with Crippen molar-refractivity contribution < 1.29 is 9.18 Å². The molecule has 5 heteroatoms. The van der Waals surface area contributed by atoms with Crippen LogP contribution in [0.25, 0.3) is 0 Å². The van der Waals surface area contributed by atoms with Crippen LogP contribution in [-0.4, -0.2) is 12.3 Å². The lowest BCUT2D eigenvalue weighted by atomic mass is 9.50. The van der Waals surface area contributed by atoms with Gasteiger partial charge in [-0.2, -0.15) is 10.2 Å². The smallest absolute Gasteiger partial charge is 0.159 e. The van der Waals surface area contributed by atoms with Gasteiger partial charge in [-0.1, -0.05) is 40.0 Å². The second-order valence-electron chi connectivity index (χ2n) is 10.9. The fourth-order valence-corrected chi connectivity index (χ4v) is 7.95. The first-order valence-corrected chi connectivity index (χ1v) is 12.8. The van der Waals surface area contributed by atoms with Gasteiger partial charge in [-0.25, -0.2) is 4.39 Å². The number of carbonyl (C=O) groups excluding carboxylic acids is 1. The molecule has 0 saturated heterocycles. The van der Waals surface area contributed by atoms with Crippen LogP contribution in [0.15, 0.2) is 28.4 Å². The molecule has 0 heterocycles. The van der Waals surface area contributed by atoms with Gasteiger partial charge < -0.3 is 5.73 Å². The van der Waals surface area contributed by atoms with Gasteiger partial charge in [-0.15, -0.1) is 0 Å². The van der Waals surface area contributed by atoms with Gasteiger partial charge >= 0.3 is 0 Å². The summed E-state index contributed by atoms with van der Waals surface area (Å²) >= 11 is 0. The van der Waals surface area contributed by atoms with Crippen LogP contribution in [0.2, 0.25) is 0 Å². The summed E-state index contributed by atoms with van der Waals surface area (Å²) in [5, 5.41) is 8.18. The first-order valence-electron chi connectivity index (χ1n) is 12.8. The summed E-state index contributed by atoms with van der Waals surface area (Å²) in [4.78, 5) is 13.2. The number of hydrogen-bond donors (Lipinski definition) is 1. The molecule has 0 bridgehead atoms. The third-order valence-electron chi connectivity index (χ3n) is 9.45. The van der Waals surface area contributed by atoms with Crippen molar-refractivity contribution in [1.29, 1.82) is 0 Å². The summed E-state index contributed by atoms with van der Waals surface area (Å²) in [5.41, 5.74) is 6.61. The van der Waals surface area contributed by atoms with Crippen molar-refractivity contribution >= 4 is 17.2 Å². The summed E-state index contributed by atoms with van der Waals surface area (Å²) in [6, 6.07) is 4.04. The third-order valence-corrected chi connectivity index (χ3v) is 9.45. The van der Waals surface area contributed by atoms with E-state index in [1.165, 1.54) is 69.6 Å². The van der Waals surface area contributed by atoms with E-state index in [4.69, 9.17) is 5.73 Å². The van der Waals surface area contributed by atoms with E-state index < -0.39 is 5.82 Å². The molecule has 1 aromatic rings. The minimum Gasteiger partial charge on any atom is -0.397 e. The minimum absolute atomic E-state index is 0.0629. The maximum atomic E-state index is 13.4. The van der Waals surface area contributed by atoms with Crippen LogP contribution in [0, 0.1) is 46.7 Å². The summed E-state index contributed by atoms with van der Waals surface area (Å²) in [7, 11) is 0. The Bertz CT molecular complexity index is 855. The predicted molar refractivity (Wildman–Crippen MR) is 127 cm³/mol. The Morgan fingerprint density at radius 3 is 2.72 bits per heavy atom. The second-order valence-corrected chi connectivity index (χ2v) is 10.9. The molecule has 0 radical (unpaired) electrons. The zero-order chi connectivity index (χ0) is 22.9. The number of ketones is 1. The van der Waals surface area contributed by atoms with Crippen LogP contribution in [0.3, 0.4) is 0 Å². The summed E-state index contributed by atoms with van der Waals surface area (Å²) in [5.74, 6) is 3.97. The van der Waals surface area contributed by atoms with E-state index in [2.05, 4.69) is 31.0 Å². The summed E-state index contributed by atoms with van der Waals surface area (Å²) in [6.07, 6.45) is 11.3. The Morgan fingerprint density at radius 1 is 1.16 bits per heavy atom.